The summed E-state index contributed by atoms with van der Waals surface area (Å²) in [5, 5.41) is 2.66. The predicted molar refractivity (Wildman–Crippen MR) is 78.8 cm³/mol. The highest BCUT2D eigenvalue weighted by molar-refractivity contribution is 5.86. The van der Waals surface area contributed by atoms with Gasteiger partial charge in [-0.05, 0) is 25.7 Å². The standard InChI is InChI=1S/C16H25NO5/c1-21-16(20)13(17-14(18)11-6-2-3-7-11)10-22-15(19)12-8-4-5-9-12/h11-13H,2-10H2,1H3,(H,17,18)/t13-/m0/s1. The highest BCUT2D eigenvalue weighted by atomic mass is 16.5. The van der Waals surface area contributed by atoms with Crippen LogP contribution in [0.2, 0.25) is 0 Å². The lowest BCUT2D eigenvalue weighted by Gasteiger charge is -2.19. The molecule has 2 saturated carbocycles. The monoisotopic (exact) mass is 311 g/mol. The lowest BCUT2D eigenvalue weighted by atomic mass is 10.1. The van der Waals surface area contributed by atoms with Crippen molar-refractivity contribution in [2.75, 3.05) is 13.7 Å². The van der Waals surface area contributed by atoms with Crippen LogP contribution in [0.3, 0.4) is 0 Å². The van der Waals surface area contributed by atoms with Crippen molar-refractivity contribution in [3.8, 4) is 0 Å². The van der Waals surface area contributed by atoms with E-state index in [0.29, 0.717) is 0 Å². The van der Waals surface area contributed by atoms with Crippen LogP contribution in [0.4, 0.5) is 0 Å². The van der Waals surface area contributed by atoms with Gasteiger partial charge in [-0.15, -0.1) is 0 Å². The zero-order valence-electron chi connectivity index (χ0n) is 13.1. The number of rotatable bonds is 6. The molecular formula is C16H25NO5. The summed E-state index contributed by atoms with van der Waals surface area (Å²) in [4.78, 5) is 35.8. The maximum absolute atomic E-state index is 12.1. The van der Waals surface area contributed by atoms with Gasteiger partial charge in [0, 0.05) is 5.92 Å². The van der Waals surface area contributed by atoms with Crippen LogP contribution < -0.4 is 5.32 Å². The number of nitrogens with one attached hydrogen (secondary N) is 1. The molecule has 0 bridgehead atoms. The molecule has 2 aliphatic rings. The molecule has 0 aromatic heterocycles. The van der Waals surface area contributed by atoms with Crippen molar-refractivity contribution in [2.24, 2.45) is 11.8 Å². The Labute approximate surface area is 130 Å². The first kappa shape index (κ1) is 16.8. The molecule has 1 amide bonds. The minimum atomic E-state index is -0.913. The van der Waals surface area contributed by atoms with Crippen molar-refractivity contribution >= 4 is 17.8 Å². The summed E-state index contributed by atoms with van der Waals surface area (Å²) in [6, 6.07) is -0.913. The van der Waals surface area contributed by atoms with E-state index in [9.17, 15) is 14.4 Å². The topological polar surface area (TPSA) is 81.7 Å². The first-order valence-corrected chi connectivity index (χ1v) is 8.16. The molecule has 0 spiro atoms. The lowest BCUT2D eigenvalue weighted by molar-refractivity contribution is -0.155. The predicted octanol–water partition coefficient (Wildman–Crippen LogP) is 1.57. The van der Waals surface area contributed by atoms with Gasteiger partial charge in [-0.2, -0.15) is 0 Å². The average Bonchev–Trinajstić information content (AvgIpc) is 3.22. The van der Waals surface area contributed by atoms with E-state index in [1.165, 1.54) is 7.11 Å². The molecule has 0 aromatic carbocycles. The van der Waals surface area contributed by atoms with Crippen LogP contribution in [0.25, 0.3) is 0 Å². The van der Waals surface area contributed by atoms with Crippen LogP contribution in [0.1, 0.15) is 51.4 Å². The number of hydrogen-bond donors (Lipinski definition) is 1. The van der Waals surface area contributed by atoms with Crippen LogP contribution in [0.5, 0.6) is 0 Å². The minimum Gasteiger partial charge on any atom is -0.467 e. The first-order chi connectivity index (χ1) is 10.6. The lowest BCUT2D eigenvalue weighted by Crippen LogP contribution is -2.47. The van der Waals surface area contributed by atoms with Gasteiger partial charge in [-0.3, -0.25) is 9.59 Å². The summed E-state index contributed by atoms with van der Waals surface area (Å²) < 4.78 is 9.91. The molecule has 2 fully saturated rings. The quantitative estimate of drug-likeness (QED) is 0.753. The molecule has 124 valence electrons. The van der Waals surface area contributed by atoms with E-state index in [0.717, 1.165) is 51.4 Å². The maximum atomic E-state index is 12.1. The highest BCUT2D eigenvalue weighted by Crippen LogP contribution is 2.26. The van der Waals surface area contributed by atoms with Gasteiger partial charge in [-0.25, -0.2) is 4.79 Å². The summed E-state index contributed by atoms with van der Waals surface area (Å²) in [6.07, 6.45) is 7.54. The molecule has 0 unspecified atom stereocenters. The molecule has 2 rings (SSSR count). The van der Waals surface area contributed by atoms with E-state index in [-0.39, 0.29) is 30.3 Å². The van der Waals surface area contributed by atoms with Gasteiger partial charge in [0.15, 0.2) is 6.04 Å². The number of hydrogen-bond acceptors (Lipinski definition) is 5. The molecule has 6 nitrogen and oxygen atoms in total. The van der Waals surface area contributed by atoms with Crippen molar-refractivity contribution in [1.29, 1.82) is 0 Å². The summed E-state index contributed by atoms with van der Waals surface area (Å²) >= 11 is 0. The van der Waals surface area contributed by atoms with Gasteiger partial charge in [0.05, 0.1) is 13.0 Å². The van der Waals surface area contributed by atoms with Crippen molar-refractivity contribution in [2.45, 2.75) is 57.4 Å². The van der Waals surface area contributed by atoms with E-state index in [1.807, 2.05) is 0 Å². The van der Waals surface area contributed by atoms with E-state index in [1.54, 1.807) is 0 Å². The zero-order valence-corrected chi connectivity index (χ0v) is 13.1. The number of carbonyl (C=O) groups excluding carboxylic acids is 3. The van der Waals surface area contributed by atoms with Gasteiger partial charge in [-0.1, -0.05) is 25.7 Å². The van der Waals surface area contributed by atoms with Gasteiger partial charge >= 0.3 is 11.9 Å². The number of amides is 1. The van der Waals surface area contributed by atoms with E-state index in [2.05, 4.69) is 10.1 Å². The van der Waals surface area contributed by atoms with Crippen LogP contribution in [0, 0.1) is 11.8 Å². The van der Waals surface area contributed by atoms with Crippen LogP contribution in [-0.4, -0.2) is 37.6 Å². The van der Waals surface area contributed by atoms with Crippen molar-refractivity contribution in [3.05, 3.63) is 0 Å². The Morgan fingerprint density at radius 2 is 1.55 bits per heavy atom. The van der Waals surface area contributed by atoms with Gasteiger partial charge in [0.1, 0.15) is 6.61 Å². The maximum Gasteiger partial charge on any atom is 0.331 e. The molecular weight excluding hydrogens is 286 g/mol. The third-order valence-corrected chi connectivity index (χ3v) is 4.61. The Kier molecular flexibility index (Phi) is 6.21. The molecule has 0 aromatic rings. The Bertz CT molecular complexity index is 411. The van der Waals surface area contributed by atoms with Crippen molar-refractivity contribution < 1.29 is 23.9 Å². The van der Waals surface area contributed by atoms with Gasteiger partial charge in [0.2, 0.25) is 5.91 Å². The van der Waals surface area contributed by atoms with E-state index >= 15 is 0 Å². The summed E-state index contributed by atoms with van der Waals surface area (Å²) in [5.74, 6) is -1.11. The normalized spacial score (nSPS) is 20.6. The Morgan fingerprint density at radius 3 is 2.09 bits per heavy atom. The Morgan fingerprint density at radius 1 is 1.00 bits per heavy atom. The van der Waals surface area contributed by atoms with Gasteiger partial charge < -0.3 is 14.8 Å². The molecule has 1 N–H and O–H groups in total. The SMILES string of the molecule is COC(=O)[C@H](COC(=O)C1CCCC1)NC(=O)C1CCCC1. The summed E-state index contributed by atoms with van der Waals surface area (Å²) in [5.41, 5.74) is 0. The van der Waals surface area contributed by atoms with Crippen LogP contribution in [-0.2, 0) is 23.9 Å². The molecule has 0 heterocycles. The second kappa shape index (κ2) is 8.15. The third kappa shape index (κ3) is 4.45. The van der Waals surface area contributed by atoms with E-state index in [4.69, 9.17) is 4.74 Å². The fourth-order valence-electron chi connectivity index (χ4n) is 3.23. The molecule has 2 aliphatic carbocycles. The molecule has 6 heteroatoms. The number of carbonyl (C=O) groups is 3. The first-order valence-electron chi connectivity index (χ1n) is 8.16. The fraction of sp³-hybridized carbons (Fsp3) is 0.812. The molecule has 1 atom stereocenters. The number of methoxy groups -OCH3 is 1. The molecule has 0 radical (unpaired) electrons. The third-order valence-electron chi connectivity index (χ3n) is 4.61. The fourth-order valence-corrected chi connectivity index (χ4v) is 3.23. The molecule has 0 aliphatic heterocycles. The second-order valence-corrected chi connectivity index (χ2v) is 6.18. The average molecular weight is 311 g/mol. The largest absolute Gasteiger partial charge is 0.467 e. The summed E-state index contributed by atoms with van der Waals surface area (Å²) in [7, 11) is 1.26. The van der Waals surface area contributed by atoms with Crippen LogP contribution in [0.15, 0.2) is 0 Å². The molecule has 0 saturated heterocycles. The Balaban J connectivity index is 1.84. The number of ether oxygens (including phenoxy) is 2. The Hall–Kier alpha value is -1.59. The van der Waals surface area contributed by atoms with Gasteiger partial charge in [0.25, 0.3) is 0 Å². The molecule has 22 heavy (non-hydrogen) atoms. The van der Waals surface area contributed by atoms with Crippen LogP contribution >= 0.6 is 0 Å². The zero-order chi connectivity index (χ0) is 15.9. The minimum absolute atomic E-state index is 0.0438. The second-order valence-electron chi connectivity index (χ2n) is 6.18. The smallest absolute Gasteiger partial charge is 0.331 e. The highest BCUT2D eigenvalue weighted by Gasteiger charge is 2.30. The number of esters is 2. The summed E-state index contributed by atoms with van der Waals surface area (Å²) in [6.45, 7) is -0.152. The van der Waals surface area contributed by atoms with Crippen molar-refractivity contribution in [1.82, 2.24) is 5.32 Å². The van der Waals surface area contributed by atoms with E-state index < -0.39 is 12.0 Å². The van der Waals surface area contributed by atoms with Crippen molar-refractivity contribution in [3.63, 3.8) is 0 Å².